The molecule has 0 aliphatic carbocycles. The Morgan fingerprint density at radius 2 is 2.19 bits per heavy atom. The number of rotatable bonds is 2. The summed E-state index contributed by atoms with van der Waals surface area (Å²) in [6.07, 6.45) is 1.94. The highest BCUT2D eigenvalue weighted by molar-refractivity contribution is 7.21. The van der Waals surface area contributed by atoms with Gasteiger partial charge in [0.25, 0.3) is 0 Å². The lowest BCUT2D eigenvalue weighted by molar-refractivity contribution is 0.0740. The van der Waals surface area contributed by atoms with Gasteiger partial charge in [0.2, 0.25) is 0 Å². The van der Waals surface area contributed by atoms with Crippen LogP contribution < -0.4 is 4.74 Å². The Hall–Kier alpha value is -1.89. The third kappa shape index (κ3) is 2.12. The first-order valence-corrected chi connectivity index (χ1v) is 8.11. The third-order valence-electron chi connectivity index (χ3n) is 2.98. The first-order valence-electron chi connectivity index (χ1n) is 6.04. The molecule has 0 aliphatic heterocycles. The topological polar surface area (TPSA) is 43.6 Å². The molecule has 0 fully saturated rings. The first kappa shape index (κ1) is 12.8. The van der Waals surface area contributed by atoms with Gasteiger partial charge in [0.15, 0.2) is 4.96 Å². The Labute approximate surface area is 132 Å². The molecule has 0 aliphatic rings. The van der Waals surface area contributed by atoms with Crippen LogP contribution in [0.15, 0.2) is 41.9 Å². The Balaban J connectivity index is 1.70. The number of fused-ring (bicyclic) bond motifs is 3. The number of carbonyl (C=O) groups excluding carboxylic acids is 1. The second-order valence-corrected chi connectivity index (χ2v) is 6.60. The molecule has 0 amide bonds. The predicted octanol–water partition coefficient (Wildman–Crippen LogP) is 4.48. The van der Waals surface area contributed by atoms with Crippen LogP contribution in [0.2, 0.25) is 5.02 Å². The fraction of sp³-hybridized carbons (Fsp3) is 0. The van der Waals surface area contributed by atoms with Crippen LogP contribution in [-0.4, -0.2) is 15.4 Å². The van der Waals surface area contributed by atoms with E-state index in [4.69, 9.17) is 16.3 Å². The van der Waals surface area contributed by atoms with E-state index in [9.17, 15) is 4.79 Å². The van der Waals surface area contributed by atoms with E-state index in [2.05, 4.69) is 4.98 Å². The van der Waals surface area contributed by atoms with Gasteiger partial charge >= 0.3 is 5.97 Å². The highest BCUT2D eigenvalue weighted by atomic mass is 35.5. The number of esters is 1. The predicted molar refractivity (Wildman–Crippen MR) is 84.9 cm³/mol. The van der Waals surface area contributed by atoms with E-state index in [0.717, 1.165) is 15.3 Å². The molecule has 0 saturated heterocycles. The molecule has 4 aromatic rings. The van der Waals surface area contributed by atoms with Crippen LogP contribution in [0, 0.1) is 0 Å². The van der Waals surface area contributed by atoms with Crippen molar-refractivity contribution in [2.24, 2.45) is 0 Å². The maximum Gasteiger partial charge on any atom is 0.353 e. The zero-order chi connectivity index (χ0) is 14.4. The number of para-hydroxylation sites is 1. The lowest BCUT2D eigenvalue weighted by Gasteiger charge is -2.03. The number of nitrogens with zero attached hydrogens (tertiary/aromatic N) is 2. The summed E-state index contributed by atoms with van der Waals surface area (Å²) >= 11 is 8.87. The summed E-state index contributed by atoms with van der Waals surface area (Å²) in [5.74, 6) is -0.0615. The molecule has 0 bridgehead atoms. The van der Waals surface area contributed by atoms with E-state index < -0.39 is 5.97 Å². The Bertz CT molecular complexity index is 970. The molecule has 1 aromatic carbocycles. The monoisotopic (exact) mass is 334 g/mol. The van der Waals surface area contributed by atoms with Gasteiger partial charge in [0, 0.05) is 11.6 Å². The summed E-state index contributed by atoms with van der Waals surface area (Å²) in [5, 5.41) is 2.37. The molecule has 21 heavy (non-hydrogen) atoms. The maximum absolute atomic E-state index is 12.2. The van der Waals surface area contributed by atoms with Gasteiger partial charge in [0.05, 0.1) is 10.5 Å². The highest BCUT2D eigenvalue weighted by Gasteiger charge is 2.17. The van der Waals surface area contributed by atoms with Gasteiger partial charge in [-0.1, -0.05) is 23.7 Å². The lowest BCUT2D eigenvalue weighted by Crippen LogP contribution is -2.06. The smallest absolute Gasteiger partial charge is 0.353 e. The van der Waals surface area contributed by atoms with Crippen LogP contribution in [0.3, 0.4) is 0 Å². The normalized spacial score (nSPS) is 11.3. The van der Waals surface area contributed by atoms with Crippen LogP contribution in [0.5, 0.6) is 5.75 Å². The van der Waals surface area contributed by atoms with Gasteiger partial charge in [-0.15, -0.1) is 22.7 Å². The molecule has 0 unspecified atom stereocenters. The number of benzene rings is 1. The van der Waals surface area contributed by atoms with Crippen molar-refractivity contribution >= 4 is 55.6 Å². The van der Waals surface area contributed by atoms with Crippen molar-refractivity contribution in [1.29, 1.82) is 0 Å². The zero-order valence-corrected chi connectivity index (χ0v) is 12.8. The molecule has 7 heteroatoms. The number of ether oxygens (including phenoxy) is 1. The minimum absolute atomic E-state index is 0.360. The third-order valence-corrected chi connectivity index (χ3v) is 5.05. The van der Waals surface area contributed by atoms with E-state index in [1.807, 2.05) is 16.0 Å². The molecule has 0 N–H and O–H groups in total. The van der Waals surface area contributed by atoms with Crippen molar-refractivity contribution in [1.82, 2.24) is 9.38 Å². The summed E-state index contributed by atoms with van der Waals surface area (Å²) in [6, 6.07) is 8.70. The number of thiazole rings is 1. The van der Waals surface area contributed by atoms with E-state index in [1.165, 1.54) is 11.3 Å². The van der Waals surface area contributed by atoms with Crippen molar-refractivity contribution in [3.63, 3.8) is 0 Å². The van der Waals surface area contributed by atoms with Crippen LogP contribution in [0.4, 0.5) is 0 Å². The lowest BCUT2D eigenvalue weighted by atomic mass is 10.3. The van der Waals surface area contributed by atoms with Crippen LogP contribution in [0.25, 0.3) is 15.3 Å². The Morgan fingerprint density at radius 1 is 1.33 bits per heavy atom. The summed E-state index contributed by atoms with van der Waals surface area (Å²) in [6.45, 7) is 0. The minimum Gasteiger partial charge on any atom is -0.421 e. The second-order valence-electron chi connectivity index (χ2n) is 4.29. The summed E-state index contributed by atoms with van der Waals surface area (Å²) in [5.41, 5.74) is 0.919. The summed E-state index contributed by atoms with van der Waals surface area (Å²) in [4.78, 5) is 18.9. The number of aromatic nitrogens is 2. The van der Waals surface area contributed by atoms with E-state index in [1.54, 1.807) is 41.7 Å². The minimum atomic E-state index is -0.421. The number of hydrogen-bond donors (Lipinski definition) is 0. The standard InChI is InChI=1S/C14H7ClN2O2S2/c15-8-3-1-2-4-10(8)19-13(18)11-7-9-12(21-11)16-14-17(9)5-6-20-14/h1-7H. The molecule has 0 saturated carbocycles. The highest BCUT2D eigenvalue weighted by Crippen LogP contribution is 2.30. The van der Waals surface area contributed by atoms with Crippen molar-refractivity contribution in [3.8, 4) is 5.75 Å². The molecule has 0 atom stereocenters. The van der Waals surface area contributed by atoms with Gasteiger partial charge in [-0.25, -0.2) is 9.78 Å². The molecule has 104 valence electrons. The molecule has 0 radical (unpaired) electrons. The van der Waals surface area contributed by atoms with E-state index in [-0.39, 0.29) is 0 Å². The average molecular weight is 335 g/mol. The van der Waals surface area contributed by atoms with Gasteiger partial charge in [0.1, 0.15) is 15.5 Å². The number of hydrogen-bond acceptors (Lipinski definition) is 5. The molecular formula is C14H7ClN2O2S2. The largest absolute Gasteiger partial charge is 0.421 e. The average Bonchev–Trinajstić information content (AvgIpc) is 3.12. The first-order chi connectivity index (χ1) is 10.2. The van der Waals surface area contributed by atoms with Crippen LogP contribution in [0.1, 0.15) is 9.67 Å². The zero-order valence-electron chi connectivity index (χ0n) is 10.4. The molecular weight excluding hydrogens is 328 g/mol. The Kier molecular flexibility index (Phi) is 2.95. The van der Waals surface area contributed by atoms with Gasteiger partial charge in [-0.3, -0.25) is 4.40 Å². The Morgan fingerprint density at radius 3 is 3.05 bits per heavy atom. The van der Waals surface area contributed by atoms with E-state index >= 15 is 0 Å². The van der Waals surface area contributed by atoms with E-state index in [0.29, 0.717) is 15.6 Å². The summed E-state index contributed by atoms with van der Waals surface area (Å²) in [7, 11) is 0. The number of imidazole rings is 1. The van der Waals surface area contributed by atoms with Crippen molar-refractivity contribution in [2.45, 2.75) is 0 Å². The molecule has 0 spiro atoms. The quantitative estimate of drug-likeness (QED) is 0.401. The van der Waals surface area contributed by atoms with Crippen molar-refractivity contribution < 1.29 is 9.53 Å². The molecule has 4 rings (SSSR count). The fourth-order valence-corrected chi connectivity index (χ4v) is 3.88. The fourth-order valence-electron chi connectivity index (χ4n) is 2.03. The van der Waals surface area contributed by atoms with Crippen LogP contribution in [-0.2, 0) is 0 Å². The van der Waals surface area contributed by atoms with Crippen molar-refractivity contribution in [3.05, 3.63) is 51.8 Å². The van der Waals surface area contributed by atoms with Crippen LogP contribution >= 0.6 is 34.3 Å². The molecule has 3 heterocycles. The van der Waals surface area contributed by atoms with Gasteiger partial charge < -0.3 is 4.74 Å². The number of carbonyl (C=O) groups is 1. The van der Waals surface area contributed by atoms with Gasteiger partial charge in [-0.2, -0.15) is 0 Å². The summed E-state index contributed by atoms with van der Waals surface area (Å²) < 4.78 is 7.29. The second kappa shape index (κ2) is 4.84. The molecule has 3 aromatic heterocycles. The maximum atomic E-state index is 12.2. The SMILES string of the molecule is O=C(Oc1ccccc1Cl)c1cc2c(nc3sccn32)s1. The van der Waals surface area contributed by atoms with Crippen molar-refractivity contribution in [2.75, 3.05) is 0 Å². The number of thiophene rings is 1. The number of halogens is 1. The van der Waals surface area contributed by atoms with Gasteiger partial charge in [-0.05, 0) is 18.2 Å². The molecule has 4 nitrogen and oxygen atoms in total.